The molecule has 1 heterocycles. The van der Waals surface area contributed by atoms with Crippen molar-refractivity contribution in [2.75, 3.05) is 0 Å². The van der Waals surface area contributed by atoms with Gasteiger partial charge >= 0.3 is 5.97 Å². The van der Waals surface area contributed by atoms with E-state index in [0.717, 1.165) is 10.0 Å². The van der Waals surface area contributed by atoms with E-state index in [4.69, 9.17) is 17.3 Å². The Balaban J connectivity index is 2.74. The summed E-state index contributed by atoms with van der Waals surface area (Å²) in [6.07, 6.45) is 0. The third-order valence-electron chi connectivity index (χ3n) is 2.42. The summed E-state index contributed by atoms with van der Waals surface area (Å²) in [5.41, 5.74) is 1.48. The van der Waals surface area contributed by atoms with Crippen molar-refractivity contribution < 1.29 is 9.90 Å². The first kappa shape index (κ1) is 12.1. The average molecular weight is 313 g/mol. The summed E-state index contributed by atoms with van der Waals surface area (Å²) in [4.78, 5) is 13.8. The van der Waals surface area contributed by atoms with Crippen molar-refractivity contribution in [1.29, 1.82) is 0 Å². The Kier molecular flexibility index (Phi) is 3.17. The fourth-order valence-electron chi connectivity index (χ4n) is 1.65. The molecular formula is C11H9BrN2O2S. The van der Waals surface area contributed by atoms with Crippen molar-refractivity contribution in [2.24, 2.45) is 7.05 Å². The van der Waals surface area contributed by atoms with E-state index < -0.39 is 5.97 Å². The number of benzene rings is 1. The van der Waals surface area contributed by atoms with E-state index in [9.17, 15) is 4.79 Å². The van der Waals surface area contributed by atoms with Crippen LogP contribution in [0.3, 0.4) is 0 Å². The highest BCUT2D eigenvalue weighted by Gasteiger charge is 2.17. The lowest BCUT2D eigenvalue weighted by Gasteiger charge is -2.04. The first-order valence-corrected chi connectivity index (χ1v) is 5.99. The molecular weight excluding hydrogens is 304 g/mol. The molecule has 2 aromatic rings. The van der Waals surface area contributed by atoms with Crippen LogP contribution in [0.5, 0.6) is 0 Å². The quantitative estimate of drug-likeness (QED) is 0.837. The summed E-state index contributed by atoms with van der Waals surface area (Å²) in [7, 11) is 1.74. The molecule has 0 saturated carbocycles. The average Bonchev–Trinajstić information content (AvgIpc) is 2.56. The Morgan fingerprint density at radius 2 is 2.24 bits per heavy atom. The molecule has 17 heavy (non-hydrogen) atoms. The molecule has 0 aliphatic carbocycles. The Morgan fingerprint density at radius 3 is 2.82 bits per heavy atom. The van der Waals surface area contributed by atoms with E-state index in [1.165, 1.54) is 0 Å². The van der Waals surface area contributed by atoms with Crippen LogP contribution in [0, 0.1) is 4.77 Å². The zero-order valence-electron chi connectivity index (χ0n) is 8.90. The molecule has 0 fully saturated rings. The van der Waals surface area contributed by atoms with Gasteiger partial charge in [0.2, 0.25) is 0 Å². The molecule has 0 unspecified atom stereocenters. The number of aromatic nitrogens is 2. The van der Waals surface area contributed by atoms with Gasteiger partial charge in [0.1, 0.15) is 0 Å². The maximum atomic E-state index is 11.1. The monoisotopic (exact) mass is 312 g/mol. The topological polar surface area (TPSA) is 58.0 Å². The first-order valence-electron chi connectivity index (χ1n) is 4.79. The van der Waals surface area contributed by atoms with Gasteiger partial charge in [-0.25, -0.2) is 4.79 Å². The lowest BCUT2D eigenvalue weighted by atomic mass is 10.1. The minimum atomic E-state index is -1.02. The predicted octanol–water partition coefficient (Wildman–Crippen LogP) is 3.21. The molecule has 1 aromatic carbocycles. The van der Waals surface area contributed by atoms with Crippen LogP contribution in [-0.2, 0) is 7.05 Å². The zero-order chi connectivity index (χ0) is 12.6. The van der Waals surface area contributed by atoms with Gasteiger partial charge in [0.15, 0.2) is 10.5 Å². The zero-order valence-corrected chi connectivity index (χ0v) is 11.3. The van der Waals surface area contributed by atoms with E-state index >= 15 is 0 Å². The lowest BCUT2D eigenvalue weighted by Crippen LogP contribution is -2.01. The van der Waals surface area contributed by atoms with Gasteiger partial charge in [-0.05, 0) is 24.4 Å². The van der Waals surface area contributed by atoms with Crippen LogP contribution in [0.2, 0.25) is 0 Å². The number of carbonyl (C=O) groups is 1. The van der Waals surface area contributed by atoms with E-state index in [0.29, 0.717) is 10.5 Å². The highest BCUT2D eigenvalue weighted by Crippen LogP contribution is 2.25. The second-order valence-electron chi connectivity index (χ2n) is 3.53. The number of aromatic carboxylic acids is 1. The largest absolute Gasteiger partial charge is 0.477 e. The van der Waals surface area contributed by atoms with Crippen LogP contribution in [0.15, 0.2) is 28.7 Å². The normalized spacial score (nSPS) is 10.5. The minimum absolute atomic E-state index is 0.107. The maximum Gasteiger partial charge on any atom is 0.354 e. The summed E-state index contributed by atoms with van der Waals surface area (Å²) in [5, 5.41) is 9.13. The molecule has 0 saturated heterocycles. The van der Waals surface area contributed by atoms with Gasteiger partial charge in [0, 0.05) is 17.1 Å². The molecule has 88 valence electrons. The maximum absolute atomic E-state index is 11.1. The van der Waals surface area contributed by atoms with Gasteiger partial charge < -0.3 is 14.7 Å². The van der Waals surface area contributed by atoms with Crippen molar-refractivity contribution in [3.05, 3.63) is 39.2 Å². The molecule has 0 spiro atoms. The predicted molar refractivity (Wildman–Crippen MR) is 70.7 cm³/mol. The van der Waals surface area contributed by atoms with Crippen LogP contribution < -0.4 is 0 Å². The van der Waals surface area contributed by atoms with Crippen molar-refractivity contribution in [2.45, 2.75) is 0 Å². The highest BCUT2D eigenvalue weighted by molar-refractivity contribution is 9.10. The number of carboxylic acid groups (broad SMARTS) is 1. The molecule has 0 atom stereocenters. The third kappa shape index (κ3) is 2.18. The molecule has 0 aliphatic heterocycles. The van der Waals surface area contributed by atoms with E-state index in [2.05, 4.69) is 20.9 Å². The molecule has 0 radical (unpaired) electrons. The van der Waals surface area contributed by atoms with Gasteiger partial charge in [0.05, 0.1) is 5.69 Å². The number of nitrogens with zero attached hydrogens (tertiary/aromatic N) is 1. The number of halogens is 1. The highest BCUT2D eigenvalue weighted by atomic mass is 79.9. The Bertz CT molecular complexity index is 645. The second-order valence-corrected chi connectivity index (χ2v) is 4.83. The summed E-state index contributed by atoms with van der Waals surface area (Å²) < 4.78 is 2.93. The minimum Gasteiger partial charge on any atom is -0.477 e. The van der Waals surface area contributed by atoms with Crippen molar-refractivity contribution in [3.63, 3.8) is 0 Å². The number of hydrogen-bond acceptors (Lipinski definition) is 2. The summed E-state index contributed by atoms with van der Waals surface area (Å²) in [6.45, 7) is 0. The lowest BCUT2D eigenvalue weighted by molar-refractivity contribution is 0.0692. The molecule has 4 nitrogen and oxygen atoms in total. The molecule has 6 heteroatoms. The van der Waals surface area contributed by atoms with E-state index in [1.54, 1.807) is 11.6 Å². The number of carboxylic acids is 1. The van der Waals surface area contributed by atoms with Gasteiger partial charge in [-0.15, -0.1) is 0 Å². The van der Waals surface area contributed by atoms with Crippen LogP contribution in [0.25, 0.3) is 11.3 Å². The van der Waals surface area contributed by atoms with Gasteiger partial charge in [-0.2, -0.15) is 0 Å². The Labute approximate surface area is 111 Å². The molecule has 0 amide bonds. The fourth-order valence-corrected chi connectivity index (χ4v) is 2.24. The number of imidazole rings is 1. The molecule has 2 N–H and O–H groups in total. The van der Waals surface area contributed by atoms with Crippen LogP contribution >= 0.6 is 28.1 Å². The molecule has 0 aliphatic rings. The molecule has 1 aromatic heterocycles. The third-order valence-corrected chi connectivity index (χ3v) is 3.29. The van der Waals surface area contributed by atoms with Gasteiger partial charge in [-0.3, -0.25) is 0 Å². The van der Waals surface area contributed by atoms with E-state index in [-0.39, 0.29) is 5.69 Å². The number of nitrogens with one attached hydrogen (secondary N) is 1. The number of hydrogen-bond donors (Lipinski definition) is 2. The smallest absolute Gasteiger partial charge is 0.354 e. The van der Waals surface area contributed by atoms with Gasteiger partial charge in [-0.1, -0.05) is 28.1 Å². The first-order chi connectivity index (χ1) is 8.00. The second kappa shape index (κ2) is 4.46. The summed E-state index contributed by atoms with van der Waals surface area (Å²) in [6, 6.07) is 7.42. The van der Waals surface area contributed by atoms with Crippen LogP contribution in [0.1, 0.15) is 10.5 Å². The standard InChI is InChI=1S/C11H9BrN2O2S/c1-14-9(6-3-2-4-7(12)5-6)8(10(15)16)13-11(14)17/h2-5H,1H3,(H,13,17)(H,15,16). The van der Waals surface area contributed by atoms with Crippen LogP contribution in [-0.4, -0.2) is 20.6 Å². The molecule has 0 bridgehead atoms. The Hall–Kier alpha value is -1.40. The number of rotatable bonds is 2. The molecule has 2 rings (SSSR count). The number of aromatic amines is 1. The summed E-state index contributed by atoms with van der Waals surface area (Å²) in [5.74, 6) is -1.02. The number of H-pyrrole nitrogens is 1. The van der Waals surface area contributed by atoms with Gasteiger partial charge in [0.25, 0.3) is 0 Å². The van der Waals surface area contributed by atoms with Crippen molar-refractivity contribution in [3.8, 4) is 11.3 Å². The summed E-state index contributed by atoms with van der Waals surface area (Å²) >= 11 is 8.41. The van der Waals surface area contributed by atoms with E-state index in [1.807, 2.05) is 24.3 Å². The van der Waals surface area contributed by atoms with Crippen molar-refractivity contribution in [1.82, 2.24) is 9.55 Å². The Morgan fingerprint density at radius 1 is 1.53 bits per heavy atom. The SMILES string of the molecule is Cn1c(-c2cccc(Br)c2)c(C(=O)O)[nH]c1=S. The fraction of sp³-hybridized carbons (Fsp3) is 0.0909. The van der Waals surface area contributed by atoms with Crippen molar-refractivity contribution >= 4 is 34.1 Å². The van der Waals surface area contributed by atoms with Crippen LogP contribution in [0.4, 0.5) is 0 Å².